The Bertz CT molecular complexity index is 1480. The molecular weight excluding hydrogens is 556 g/mol. The molecule has 0 spiro atoms. The van der Waals surface area contributed by atoms with Gasteiger partial charge in [0.15, 0.2) is 5.78 Å². The first-order valence-electron chi connectivity index (χ1n) is 12.0. The smallest absolute Gasteiger partial charge is 0.339 e. The Hall–Kier alpha value is -5.59. The zero-order valence-electron chi connectivity index (χ0n) is 22.6. The molecule has 2 aromatic rings. The molecule has 0 heterocycles. The summed E-state index contributed by atoms with van der Waals surface area (Å²) in [6.45, 7) is 8.23. The maximum absolute atomic E-state index is 13.2. The molecule has 0 aliphatic rings. The molecule has 0 aliphatic heterocycles. The summed E-state index contributed by atoms with van der Waals surface area (Å²) < 4.78 is 19.5. The second-order valence-corrected chi connectivity index (χ2v) is 8.56. The summed E-state index contributed by atoms with van der Waals surface area (Å²) in [5.74, 6) is -7.42. The van der Waals surface area contributed by atoms with Gasteiger partial charge < -0.3 is 29.2 Å². The molecule has 0 amide bonds. The monoisotopic (exact) mass is 582 g/mol. The number of carbonyl (C=O) groups is 7. The molecule has 220 valence electrons. The van der Waals surface area contributed by atoms with E-state index in [0.717, 1.165) is 36.4 Å². The molecule has 0 bridgehead atoms. The number of benzene rings is 2. The van der Waals surface area contributed by atoms with Gasteiger partial charge in [0.25, 0.3) is 0 Å². The van der Waals surface area contributed by atoms with Crippen molar-refractivity contribution in [1.29, 1.82) is 0 Å². The number of esters is 4. The van der Waals surface area contributed by atoms with E-state index in [0.29, 0.717) is 0 Å². The summed E-state index contributed by atoms with van der Waals surface area (Å²) in [6, 6.07) is 6.19. The van der Waals surface area contributed by atoms with Gasteiger partial charge in [-0.1, -0.05) is 25.3 Å². The summed E-state index contributed by atoms with van der Waals surface area (Å²) in [4.78, 5) is 84.5. The maximum Gasteiger partial charge on any atom is 0.339 e. The average Bonchev–Trinajstić information content (AvgIpc) is 2.95. The second kappa shape index (κ2) is 14.7. The van der Waals surface area contributed by atoms with Crippen LogP contribution in [-0.2, 0) is 28.5 Å². The number of carboxylic acid groups (broad SMARTS) is 2. The Labute approximate surface area is 238 Å². The first-order valence-corrected chi connectivity index (χ1v) is 12.0. The van der Waals surface area contributed by atoms with E-state index in [4.69, 9.17) is 18.9 Å². The first-order chi connectivity index (χ1) is 19.7. The number of ether oxygens (including phenoxy) is 4. The standard InChI is InChI=1S/C29H26O13/c1-15(2)26(35)39-9-11-41-28(37)20-8-6-17(13-21(20)25(33)34)23(30)18-5-7-19(24(31)32)22(14-18)29(38)42-12-10-40-27(36)16(3)4/h5-8,13-14H,1,3,9-12H2,2,4H3,(H,31,32)(H,33,34). The molecule has 2 aromatic carbocycles. The fourth-order valence-corrected chi connectivity index (χ4v) is 3.19. The van der Waals surface area contributed by atoms with Crippen LogP contribution >= 0.6 is 0 Å². The van der Waals surface area contributed by atoms with Crippen LogP contribution in [0, 0.1) is 0 Å². The van der Waals surface area contributed by atoms with Gasteiger partial charge in [0.2, 0.25) is 0 Å². The minimum absolute atomic E-state index is 0.123. The van der Waals surface area contributed by atoms with Gasteiger partial charge in [-0.05, 0) is 38.1 Å². The summed E-state index contributed by atoms with van der Waals surface area (Å²) >= 11 is 0. The largest absolute Gasteiger partial charge is 0.478 e. The molecule has 2 N–H and O–H groups in total. The average molecular weight is 583 g/mol. The van der Waals surface area contributed by atoms with E-state index in [1.54, 1.807) is 0 Å². The number of ketones is 1. The van der Waals surface area contributed by atoms with E-state index < -0.39 is 64.9 Å². The van der Waals surface area contributed by atoms with Crippen molar-refractivity contribution in [3.05, 3.63) is 94.1 Å². The van der Waals surface area contributed by atoms with Gasteiger partial charge in [0, 0.05) is 22.3 Å². The van der Waals surface area contributed by atoms with Crippen molar-refractivity contribution in [2.75, 3.05) is 26.4 Å². The predicted octanol–water partition coefficient (Wildman–Crippen LogP) is 2.87. The second-order valence-electron chi connectivity index (χ2n) is 8.56. The molecule has 2 rings (SSSR count). The molecule has 13 heteroatoms. The van der Waals surface area contributed by atoms with Gasteiger partial charge in [-0.15, -0.1) is 0 Å². The van der Waals surface area contributed by atoms with Crippen LogP contribution in [0.5, 0.6) is 0 Å². The van der Waals surface area contributed by atoms with E-state index in [9.17, 15) is 43.8 Å². The van der Waals surface area contributed by atoms with Crippen molar-refractivity contribution in [2.24, 2.45) is 0 Å². The first kappa shape index (κ1) is 32.6. The lowest BCUT2D eigenvalue weighted by atomic mass is 9.95. The summed E-state index contributed by atoms with van der Waals surface area (Å²) in [6.07, 6.45) is 0. The fourth-order valence-electron chi connectivity index (χ4n) is 3.19. The highest BCUT2D eigenvalue weighted by molar-refractivity contribution is 6.13. The minimum Gasteiger partial charge on any atom is -0.478 e. The topological polar surface area (TPSA) is 197 Å². The third-order valence-electron chi connectivity index (χ3n) is 5.26. The van der Waals surface area contributed by atoms with Crippen LogP contribution in [0.15, 0.2) is 60.7 Å². The Kier molecular flexibility index (Phi) is 11.4. The lowest BCUT2D eigenvalue weighted by Gasteiger charge is -2.11. The van der Waals surface area contributed by atoms with Gasteiger partial charge in [-0.25, -0.2) is 28.8 Å². The number of aromatic carboxylic acids is 2. The van der Waals surface area contributed by atoms with E-state index >= 15 is 0 Å². The highest BCUT2D eigenvalue weighted by Crippen LogP contribution is 2.20. The number of carboxylic acids is 2. The molecule has 0 saturated heterocycles. The predicted molar refractivity (Wildman–Crippen MR) is 142 cm³/mol. The lowest BCUT2D eigenvalue weighted by molar-refractivity contribution is -0.140. The number of carbonyl (C=O) groups excluding carboxylic acids is 5. The van der Waals surface area contributed by atoms with Gasteiger partial charge >= 0.3 is 35.8 Å². The number of hydrogen-bond donors (Lipinski definition) is 2. The van der Waals surface area contributed by atoms with Crippen molar-refractivity contribution >= 4 is 41.6 Å². The number of hydrogen-bond acceptors (Lipinski definition) is 11. The van der Waals surface area contributed by atoms with E-state index in [1.165, 1.54) is 13.8 Å². The molecule has 0 atom stereocenters. The molecule has 0 saturated carbocycles. The SMILES string of the molecule is C=C(C)C(=O)OCCOC(=O)c1ccc(C(=O)c2ccc(C(=O)O)c(C(=O)OCCOC(=O)C(=C)C)c2)cc1C(=O)O. The molecule has 0 aromatic heterocycles. The molecule has 0 fully saturated rings. The van der Waals surface area contributed by atoms with Crippen molar-refractivity contribution < 1.29 is 62.7 Å². The Morgan fingerprint density at radius 1 is 0.571 bits per heavy atom. The van der Waals surface area contributed by atoms with Crippen LogP contribution in [-0.4, -0.2) is 78.2 Å². The van der Waals surface area contributed by atoms with E-state index in [1.807, 2.05) is 0 Å². The summed E-state index contributed by atoms with van der Waals surface area (Å²) in [5.41, 5.74) is -2.05. The van der Waals surface area contributed by atoms with Gasteiger partial charge in [-0.3, -0.25) is 4.79 Å². The van der Waals surface area contributed by atoms with Crippen molar-refractivity contribution in [3.8, 4) is 0 Å². The fraction of sp³-hybridized carbons (Fsp3) is 0.207. The van der Waals surface area contributed by atoms with Crippen molar-refractivity contribution in [3.63, 3.8) is 0 Å². The van der Waals surface area contributed by atoms with Crippen molar-refractivity contribution in [1.82, 2.24) is 0 Å². The third-order valence-corrected chi connectivity index (χ3v) is 5.26. The van der Waals surface area contributed by atoms with Gasteiger partial charge in [0.1, 0.15) is 26.4 Å². The van der Waals surface area contributed by atoms with Crippen LogP contribution in [0.4, 0.5) is 0 Å². The van der Waals surface area contributed by atoms with Crippen molar-refractivity contribution in [2.45, 2.75) is 13.8 Å². The molecule has 0 radical (unpaired) electrons. The maximum atomic E-state index is 13.2. The van der Waals surface area contributed by atoms with E-state index in [2.05, 4.69) is 13.2 Å². The molecule has 13 nitrogen and oxygen atoms in total. The molecule has 0 unspecified atom stereocenters. The van der Waals surface area contributed by atoms with Crippen LogP contribution in [0.25, 0.3) is 0 Å². The van der Waals surface area contributed by atoms with Gasteiger partial charge in [0.05, 0.1) is 22.3 Å². The highest BCUT2D eigenvalue weighted by Gasteiger charge is 2.24. The van der Waals surface area contributed by atoms with Gasteiger partial charge in [-0.2, -0.15) is 0 Å². The van der Waals surface area contributed by atoms with Crippen LogP contribution in [0.1, 0.15) is 71.2 Å². The van der Waals surface area contributed by atoms with Crippen LogP contribution < -0.4 is 0 Å². The Balaban J connectivity index is 2.25. The zero-order valence-corrected chi connectivity index (χ0v) is 22.6. The Morgan fingerprint density at radius 3 is 1.38 bits per heavy atom. The quantitative estimate of drug-likeness (QED) is 0.108. The third kappa shape index (κ3) is 8.71. The normalized spacial score (nSPS) is 10.1. The van der Waals surface area contributed by atoms with Crippen LogP contribution in [0.3, 0.4) is 0 Å². The minimum atomic E-state index is -1.55. The van der Waals surface area contributed by atoms with E-state index in [-0.39, 0.29) is 47.7 Å². The summed E-state index contributed by atoms with van der Waals surface area (Å²) in [5, 5.41) is 19.1. The molecular formula is C29H26O13. The summed E-state index contributed by atoms with van der Waals surface area (Å²) in [7, 11) is 0. The van der Waals surface area contributed by atoms with Crippen LogP contribution in [0.2, 0.25) is 0 Å². The number of rotatable bonds is 14. The highest BCUT2D eigenvalue weighted by atomic mass is 16.6. The Morgan fingerprint density at radius 2 is 0.952 bits per heavy atom. The molecule has 0 aliphatic carbocycles. The molecule has 42 heavy (non-hydrogen) atoms. The lowest BCUT2D eigenvalue weighted by Crippen LogP contribution is -2.18. The zero-order chi connectivity index (χ0) is 31.6.